The second-order valence-electron chi connectivity index (χ2n) is 10.0. The number of nitrogens with one attached hydrogen (secondary N) is 1. The zero-order chi connectivity index (χ0) is 23.1. The minimum absolute atomic E-state index is 0.126. The van der Waals surface area contributed by atoms with Gasteiger partial charge in [-0.15, -0.1) is 0 Å². The molecule has 3 rings (SSSR count). The molecule has 0 aliphatic carbocycles. The Morgan fingerprint density at radius 1 is 1.03 bits per heavy atom. The molecule has 0 spiro atoms. The van der Waals surface area contributed by atoms with Crippen LogP contribution in [0.15, 0.2) is 30.3 Å². The third kappa shape index (κ3) is 4.86. The average Bonchev–Trinajstić information content (AvgIpc) is 3.19. The van der Waals surface area contributed by atoms with Gasteiger partial charge in [0.1, 0.15) is 11.6 Å². The molecule has 1 aromatic carbocycles. The van der Waals surface area contributed by atoms with Crippen molar-refractivity contribution in [2.75, 3.05) is 5.32 Å². The summed E-state index contributed by atoms with van der Waals surface area (Å²) >= 11 is 0. The zero-order valence-electron chi connectivity index (χ0n) is 19.7. The van der Waals surface area contributed by atoms with Crippen LogP contribution in [0.4, 0.5) is 10.2 Å². The van der Waals surface area contributed by atoms with E-state index in [1.165, 1.54) is 12.1 Å². The number of hydrogen-bond donors (Lipinski definition) is 1. The van der Waals surface area contributed by atoms with E-state index in [1.54, 1.807) is 16.8 Å². The molecule has 0 saturated carbocycles. The van der Waals surface area contributed by atoms with E-state index < -0.39 is 0 Å². The van der Waals surface area contributed by atoms with Gasteiger partial charge in [-0.3, -0.25) is 4.79 Å². The number of benzene rings is 1. The highest BCUT2D eigenvalue weighted by molar-refractivity contribution is 5.92. The summed E-state index contributed by atoms with van der Waals surface area (Å²) in [6.45, 7) is 16.3. The molecule has 0 aliphatic rings. The smallest absolute Gasteiger partial charge is 0.230 e. The molecule has 7 heteroatoms. The lowest BCUT2D eigenvalue weighted by molar-refractivity contribution is -0.115. The van der Waals surface area contributed by atoms with Crippen molar-refractivity contribution in [3.8, 4) is 5.69 Å². The Bertz CT molecular complexity index is 1090. The number of nitrogens with zero attached hydrogens (tertiary/aromatic N) is 4. The Hall–Kier alpha value is -2.96. The largest absolute Gasteiger partial charge is 0.311 e. The fourth-order valence-corrected chi connectivity index (χ4v) is 3.46. The van der Waals surface area contributed by atoms with Crippen molar-refractivity contribution in [3.05, 3.63) is 58.8 Å². The molecule has 1 amide bonds. The summed E-state index contributed by atoms with van der Waals surface area (Å²) < 4.78 is 16.9. The molecule has 0 unspecified atom stereocenters. The maximum absolute atomic E-state index is 13.3. The molecule has 31 heavy (non-hydrogen) atoms. The van der Waals surface area contributed by atoms with Crippen molar-refractivity contribution in [1.82, 2.24) is 19.6 Å². The predicted molar refractivity (Wildman–Crippen MR) is 121 cm³/mol. The zero-order valence-corrected chi connectivity index (χ0v) is 19.7. The number of rotatable bonds is 4. The number of carbonyl (C=O) groups is 1. The Balaban J connectivity index is 1.87. The van der Waals surface area contributed by atoms with E-state index in [2.05, 4.69) is 52.0 Å². The fraction of sp³-hybridized carbons (Fsp3) is 0.458. The van der Waals surface area contributed by atoms with E-state index in [-0.39, 0.29) is 29.1 Å². The van der Waals surface area contributed by atoms with Crippen LogP contribution in [0, 0.1) is 19.7 Å². The summed E-state index contributed by atoms with van der Waals surface area (Å²) in [5.41, 5.74) is 3.78. The highest BCUT2D eigenvalue weighted by Crippen LogP contribution is 2.28. The molecule has 0 atom stereocenters. The normalized spacial score (nSPS) is 12.3. The number of anilines is 1. The van der Waals surface area contributed by atoms with Crippen molar-refractivity contribution in [2.45, 2.75) is 72.8 Å². The van der Waals surface area contributed by atoms with Crippen LogP contribution in [0.3, 0.4) is 0 Å². The number of aryl methyl sites for hydroxylation is 1. The highest BCUT2D eigenvalue weighted by atomic mass is 19.1. The van der Waals surface area contributed by atoms with Gasteiger partial charge in [0.05, 0.1) is 29.0 Å². The summed E-state index contributed by atoms with van der Waals surface area (Å²) in [6.07, 6.45) is 0.193. The summed E-state index contributed by atoms with van der Waals surface area (Å²) in [5, 5.41) is 12.4. The van der Waals surface area contributed by atoms with E-state index in [0.29, 0.717) is 5.82 Å². The Labute approximate surface area is 183 Å². The molecule has 0 fully saturated rings. The van der Waals surface area contributed by atoms with Gasteiger partial charge in [-0.05, 0) is 58.9 Å². The quantitative estimate of drug-likeness (QED) is 0.636. The number of halogens is 1. The molecule has 0 saturated heterocycles. The number of aromatic nitrogens is 4. The minimum Gasteiger partial charge on any atom is -0.311 e. The van der Waals surface area contributed by atoms with Crippen molar-refractivity contribution in [3.63, 3.8) is 0 Å². The Morgan fingerprint density at radius 3 is 2.19 bits per heavy atom. The molecular formula is C24H32FN5O. The van der Waals surface area contributed by atoms with E-state index in [4.69, 9.17) is 5.10 Å². The lowest BCUT2D eigenvalue weighted by Gasteiger charge is -2.23. The first-order valence-corrected chi connectivity index (χ1v) is 10.5. The van der Waals surface area contributed by atoms with Gasteiger partial charge in [-0.25, -0.2) is 13.8 Å². The highest BCUT2D eigenvalue weighted by Gasteiger charge is 2.26. The van der Waals surface area contributed by atoms with Crippen LogP contribution in [0.5, 0.6) is 0 Å². The molecule has 6 nitrogen and oxygen atoms in total. The molecule has 0 radical (unpaired) electrons. The molecule has 3 aromatic rings. The summed E-state index contributed by atoms with van der Waals surface area (Å²) in [6, 6.07) is 8.10. The molecule has 1 N–H and O–H groups in total. The summed E-state index contributed by atoms with van der Waals surface area (Å²) in [7, 11) is 0. The van der Waals surface area contributed by atoms with Gasteiger partial charge in [-0.2, -0.15) is 10.2 Å². The predicted octanol–water partition coefficient (Wildman–Crippen LogP) is 5.06. The average molecular weight is 426 g/mol. The molecule has 0 aliphatic heterocycles. The van der Waals surface area contributed by atoms with Crippen LogP contribution in [0.1, 0.15) is 64.2 Å². The van der Waals surface area contributed by atoms with Crippen LogP contribution in [0.2, 0.25) is 0 Å². The van der Waals surface area contributed by atoms with E-state index in [1.807, 2.05) is 24.6 Å². The molecular weight excluding hydrogens is 393 g/mol. The van der Waals surface area contributed by atoms with Crippen LogP contribution >= 0.6 is 0 Å². The van der Waals surface area contributed by atoms with Crippen molar-refractivity contribution in [1.29, 1.82) is 0 Å². The molecule has 2 aromatic heterocycles. The first-order valence-electron chi connectivity index (χ1n) is 10.5. The third-order valence-electron chi connectivity index (χ3n) is 5.23. The van der Waals surface area contributed by atoms with Crippen LogP contribution < -0.4 is 5.32 Å². The van der Waals surface area contributed by atoms with Crippen LogP contribution in [-0.4, -0.2) is 25.5 Å². The van der Waals surface area contributed by atoms with Crippen molar-refractivity contribution < 1.29 is 9.18 Å². The Kier molecular flexibility index (Phi) is 5.82. The monoisotopic (exact) mass is 425 g/mol. The standard InChI is InChI=1S/C24H32FN5O/c1-15-19(16(2)29(27-15)18-11-9-17(25)10-12-18)13-22(31)26-21-14-20(23(3,4)5)28-30(21)24(6,7)8/h9-12,14H,13H2,1-8H3,(H,26,31). The summed E-state index contributed by atoms with van der Waals surface area (Å²) in [5.74, 6) is 0.259. The lowest BCUT2D eigenvalue weighted by atomic mass is 9.92. The Morgan fingerprint density at radius 2 is 1.65 bits per heavy atom. The van der Waals surface area contributed by atoms with Gasteiger partial charge in [0.2, 0.25) is 5.91 Å². The number of amides is 1. The summed E-state index contributed by atoms with van der Waals surface area (Å²) in [4.78, 5) is 13.0. The van der Waals surface area contributed by atoms with E-state index in [9.17, 15) is 9.18 Å². The van der Waals surface area contributed by atoms with Gasteiger partial charge in [0.15, 0.2) is 0 Å². The van der Waals surface area contributed by atoms with E-state index in [0.717, 1.165) is 28.3 Å². The van der Waals surface area contributed by atoms with Crippen LogP contribution in [0.25, 0.3) is 5.69 Å². The number of hydrogen-bond acceptors (Lipinski definition) is 3. The first-order chi connectivity index (χ1) is 14.3. The maximum Gasteiger partial charge on any atom is 0.230 e. The van der Waals surface area contributed by atoms with Gasteiger partial charge < -0.3 is 5.32 Å². The topological polar surface area (TPSA) is 64.7 Å². The first kappa shape index (κ1) is 22.7. The van der Waals surface area contributed by atoms with Gasteiger partial charge in [-0.1, -0.05) is 20.8 Å². The fourth-order valence-electron chi connectivity index (χ4n) is 3.46. The van der Waals surface area contributed by atoms with Crippen molar-refractivity contribution >= 4 is 11.7 Å². The second-order valence-corrected chi connectivity index (χ2v) is 10.0. The lowest BCUT2D eigenvalue weighted by Crippen LogP contribution is -2.27. The van der Waals surface area contributed by atoms with E-state index >= 15 is 0 Å². The van der Waals surface area contributed by atoms with Crippen LogP contribution in [-0.2, 0) is 22.2 Å². The second kappa shape index (κ2) is 7.94. The SMILES string of the molecule is Cc1nn(-c2ccc(F)cc2)c(C)c1CC(=O)Nc1cc(C(C)(C)C)nn1C(C)(C)C. The minimum atomic E-state index is -0.296. The maximum atomic E-state index is 13.3. The number of carbonyl (C=O) groups excluding carboxylic acids is 1. The van der Waals surface area contributed by atoms with Gasteiger partial charge in [0.25, 0.3) is 0 Å². The third-order valence-corrected chi connectivity index (χ3v) is 5.23. The molecule has 0 bridgehead atoms. The molecule has 166 valence electrons. The molecule has 2 heterocycles. The van der Waals surface area contributed by atoms with Gasteiger partial charge >= 0.3 is 0 Å². The van der Waals surface area contributed by atoms with Crippen molar-refractivity contribution in [2.24, 2.45) is 0 Å². The van der Waals surface area contributed by atoms with Gasteiger partial charge in [0, 0.05) is 22.7 Å².